The number of hydrogen-bond donors (Lipinski definition) is 2. The highest BCUT2D eigenvalue weighted by atomic mass is 16.4. The van der Waals surface area contributed by atoms with Gasteiger partial charge in [0.15, 0.2) is 0 Å². The zero-order valence-corrected chi connectivity index (χ0v) is 12.9. The van der Waals surface area contributed by atoms with Gasteiger partial charge in [-0.25, -0.2) is 0 Å². The summed E-state index contributed by atoms with van der Waals surface area (Å²) in [6.45, 7) is 7.35. The number of anilines is 1. The van der Waals surface area contributed by atoms with Crippen molar-refractivity contribution < 1.29 is 14.7 Å². The number of carbonyl (C=O) groups excluding carboxylic acids is 1. The Kier molecular flexibility index (Phi) is 6.88. The maximum Gasteiger partial charge on any atom is 0.305 e. The van der Waals surface area contributed by atoms with Crippen LogP contribution in [0.15, 0.2) is 24.3 Å². The van der Waals surface area contributed by atoms with Crippen LogP contribution in [0.5, 0.6) is 0 Å². The molecule has 1 unspecified atom stereocenters. The Hall–Kier alpha value is -1.88. The van der Waals surface area contributed by atoms with Gasteiger partial charge in [0.05, 0.1) is 6.42 Å². The molecule has 1 aromatic carbocycles. The van der Waals surface area contributed by atoms with Gasteiger partial charge in [-0.15, -0.1) is 0 Å². The van der Waals surface area contributed by atoms with Crippen molar-refractivity contribution in [3.05, 3.63) is 29.8 Å². The van der Waals surface area contributed by atoms with E-state index in [9.17, 15) is 9.59 Å². The quantitative estimate of drug-likeness (QED) is 0.769. The standard InChI is InChI=1S/C16H24N2O3/c1-4-17-11-13(3)16(21)18(10-9-15(19)20)14-8-6-5-7-12(14)2/h5-8,13,17H,4,9-11H2,1-3H3,(H,19,20). The van der Waals surface area contributed by atoms with Crippen LogP contribution >= 0.6 is 0 Å². The Balaban J connectivity index is 2.94. The van der Waals surface area contributed by atoms with Crippen LogP contribution in [0.4, 0.5) is 5.69 Å². The number of amides is 1. The smallest absolute Gasteiger partial charge is 0.305 e. The van der Waals surface area contributed by atoms with E-state index in [1.807, 2.05) is 45.0 Å². The molecule has 116 valence electrons. The summed E-state index contributed by atoms with van der Waals surface area (Å²) >= 11 is 0. The lowest BCUT2D eigenvalue weighted by atomic mass is 10.1. The van der Waals surface area contributed by atoms with Crippen LogP contribution < -0.4 is 10.2 Å². The summed E-state index contributed by atoms with van der Waals surface area (Å²) in [6.07, 6.45) is -0.0615. The fourth-order valence-electron chi connectivity index (χ4n) is 2.14. The van der Waals surface area contributed by atoms with Crippen molar-refractivity contribution in [2.75, 3.05) is 24.5 Å². The monoisotopic (exact) mass is 292 g/mol. The zero-order chi connectivity index (χ0) is 15.8. The first-order valence-corrected chi connectivity index (χ1v) is 7.26. The third-order valence-electron chi connectivity index (χ3n) is 3.34. The number of hydrogen-bond acceptors (Lipinski definition) is 3. The summed E-state index contributed by atoms with van der Waals surface area (Å²) < 4.78 is 0. The summed E-state index contributed by atoms with van der Waals surface area (Å²) in [7, 11) is 0. The second-order valence-electron chi connectivity index (χ2n) is 5.13. The molecule has 5 nitrogen and oxygen atoms in total. The normalized spacial score (nSPS) is 12.0. The molecule has 2 N–H and O–H groups in total. The first-order valence-electron chi connectivity index (χ1n) is 7.26. The average Bonchev–Trinajstić information content (AvgIpc) is 2.46. The van der Waals surface area contributed by atoms with Crippen LogP contribution in [0, 0.1) is 12.8 Å². The molecule has 0 saturated heterocycles. The molecule has 0 aliphatic rings. The summed E-state index contributed by atoms with van der Waals surface area (Å²) in [4.78, 5) is 25.0. The van der Waals surface area contributed by atoms with Crippen LogP contribution in [-0.4, -0.2) is 36.6 Å². The highest BCUT2D eigenvalue weighted by Crippen LogP contribution is 2.21. The largest absolute Gasteiger partial charge is 0.481 e. The Morgan fingerprint density at radius 1 is 1.33 bits per heavy atom. The van der Waals surface area contributed by atoms with Crippen LogP contribution in [0.25, 0.3) is 0 Å². The van der Waals surface area contributed by atoms with Gasteiger partial charge in [-0.1, -0.05) is 32.0 Å². The molecule has 21 heavy (non-hydrogen) atoms. The summed E-state index contributed by atoms with van der Waals surface area (Å²) in [5.74, 6) is -1.15. The fourth-order valence-corrected chi connectivity index (χ4v) is 2.14. The van der Waals surface area contributed by atoms with Crippen LogP contribution in [0.1, 0.15) is 25.8 Å². The van der Waals surface area contributed by atoms with Crippen LogP contribution in [-0.2, 0) is 9.59 Å². The van der Waals surface area contributed by atoms with Crippen molar-refractivity contribution in [3.63, 3.8) is 0 Å². The van der Waals surface area contributed by atoms with Gasteiger partial charge < -0.3 is 15.3 Å². The van der Waals surface area contributed by atoms with Crippen LogP contribution in [0.2, 0.25) is 0 Å². The minimum atomic E-state index is -0.902. The van der Waals surface area contributed by atoms with Gasteiger partial charge in [0.1, 0.15) is 0 Å². The molecule has 0 fully saturated rings. The molecule has 5 heteroatoms. The minimum Gasteiger partial charge on any atom is -0.481 e. The molecule has 0 heterocycles. The third-order valence-corrected chi connectivity index (χ3v) is 3.34. The topological polar surface area (TPSA) is 69.6 Å². The molecule has 0 aliphatic carbocycles. The zero-order valence-electron chi connectivity index (χ0n) is 12.9. The van der Waals surface area contributed by atoms with Gasteiger partial charge in [0.25, 0.3) is 0 Å². The minimum absolute atomic E-state index is 0.0495. The number of aryl methyl sites for hydroxylation is 1. The highest BCUT2D eigenvalue weighted by Gasteiger charge is 2.23. The molecule has 0 aromatic heterocycles. The van der Waals surface area contributed by atoms with E-state index in [-0.39, 0.29) is 24.8 Å². The molecular weight excluding hydrogens is 268 g/mol. The van der Waals surface area contributed by atoms with Crippen molar-refractivity contribution in [3.8, 4) is 0 Å². The van der Waals surface area contributed by atoms with E-state index in [2.05, 4.69) is 5.32 Å². The number of benzene rings is 1. The van der Waals surface area contributed by atoms with E-state index < -0.39 is 5.97 Å². The maximum absolute atomic E-state index is 12.6. The Morgan fingerprint density at radius 2 is 2.00 bits per heavy atom. The third kappa shape index (κ3) is 5.19. The van der Waals surface area contributed by atoms with Crippen molar-refractivity contribution in [2.24, 2.45) is 5.92 Å². The van der Waals surface area contributed by atoms with E-state index >= 15 is 0 Å². The van der Waals surface area contributed by atoms with Gasteiger partial charge in [-0.3, -0.25) is 9.59 Å². The average molecular weight is 292 g/mol. The number of carboxylic acids is 1. The summed E-state index contributed by atoms with van der Waals surface area (Å²) in [6, 6.07) is 7.54. The van der Waals surface area contributed by atoms with Gasteiger partial charge in [0.2, 0.25) is 5.91 Å². The van der Waals surface area contributed by atoms with Crippen molar-refractivity contribution in [1.29, 1.82) is 0 Å². The Bertz CT molecular complexity index is 488. The van der Waals surface area contributed by atoms with Gasteiger partial charge in [-0.2, -0.15) is 0 Å². The number of nitrogens with zero attached hydrogens (tertiary/aromatic N) is 1. The number of carboxylic acid groups (broad SMARTS) is 1. The van der Waals surface area contributed by atoms with Crippen molar-refractivity contribution >= 4 is 17.6 Å². The second kappa shape index (κ2) is 8.42. The van der Waals surface area contributed by atoms with Crippen LogP contribution in [0.3, 0.4) is 0 Å². The van der Waals surface area contributed by atoms with Gasteiger partial charge >= 0.3 is 5.97 Å². The highest BCUT2D eigenvalue weighted by molar-refractivity contribution is 5.96. The number of rotatable bonds is 8. The lowest BCUT2D eigenvalue weighted by Crippen LogP contribution is -2.40. The molecule has 0 bridgehead atoms. The number of nitrogens with one attached hydrogen (secondary N) is 1. The molecule has 0 radical (unpaired) electrons. The lowest BCUT2D eigenvalue weighted by Gasteiger charge is -2.27. The van der Waals surface area contributed by atoms with Crippen molar-refractivity contribution in [1.82, 2.24) is 5.32 Å². The molecule has 1 amide bonds. The molecule has 1 atom stereocenters. The molecular formula is C16H24N2O3. The first-order chi connectivity index (χ1) is 9.97. The van der Waals surface area contributed by atoms with Gasteiger partial charge in [-0.05, 0) is 25.1 Å². The lowest BCUT2D eigenvalue weighted by molar-refractivity contribution is -0.136. The predicted molar refractivity (Wildman–Crippen MR) is 83.5 cm³/mol. The van der Waals surface area contributed by atoms with E-state index in [4.69, 9.17) is 5.11 Å². The van der Waals surface area contributed by atoms with Gasteiger partial charge in [0, 0.05) is 24.7 Å². The van der Waals surface area contributed by atoms with E-state index in [0.29, 0.717) is 6.54 Å². The Morgan fingerprint density at radius 3 is 2.57 bits per heavy atom. The SMILES string of the molecule is CCNCC(C)C(=O)N(CCC(=O)O)c1ccccc1C. The summed E-state index contributed by atoms with van der Waals surface area (Å²) in [5, 5.41) is 12.0. The number of carbonyl (C=O) groups is 2. The molecule has 1 rings (SSSR count). The Labute approximate surface area is 126 Å². The van der Waals surface area contributed by atoms with Crippen molar-refractivity contribution in [2.45, 2.75) is 27.2 Å². The number of aliphatic carboxylic acids is 1. The molecule has 1 aromatic rings. The second-order valence-corrected chi connectivity index (χ2v) is 5.13. The van der Waals surface area contributed by atoms with E-state index in [0.717, 1.165) is 17.8 Å². The fraction of sp³-hybridized carbons (Fsp3) is 0.500. The van der Waals surface area contributed by atoms with E-state index in [1.165, 1.54) is 0 Å². The van der Waals surface area contributed by atoms with E-state index in [1.54, 1.807) is 4.90 Å². The first kappa shape index (κ1) is 17.2. The molecule has 0 aliphatic heterocycles. The molecule has 0 spiro atoms. The number of para-hydroxylation sites is 1. The molecule has 0 saturated carbocycles. The summed E-state index contributed by atoms with van der Waals surface area (Å²) in [5.41, 5.74) is 1.75. The predicted octanol–water partition coefficient (Wildman–Crippen LogP) is 2.05. The maximum atomic E-state index is 12.6.